The molecule has 1 N–H and O–H groups in total. The Morgan fingerprint density at radius 1 is 1.12 bits per heavy atom. The standard InChI is InChI=1S/C24H26N2O5S/c1-17-14-21(30-2)11-12-23(17)32(28,29)26(16-22-4-3-13-31-22)15-18-5-7-19(8-6-18)24(27)25-20-9-10-20/h3-8,11-14,20H,9-10,15-16H2,1-2H3,(H,25,27). The van der Waals surface area contributed by atoms with Gasteiger partial charge in [0.15, 0.2) is 0 Å². The molecule has 1 aromatic heterocycles. The fourth-order valence-corrected chi connectivity index (χ4v) is 5.04. The number of hydrogen-bond acceptors (Lipinski definition) is 5. The lowest BCUT2D eigenvalue weighted by atomic mass is 10.1. The maximum absolute atomic E-state index is 13.6. The van der Waals surface area contributed by atoms with Gasteiger partial charge in [-0.3, -0.25) is 4.79 Å². The summed E-state index contributed by atoms with van der Waals surface area (Å²) in [5.74, 6) is 1.03. The van der Waals surface area contributed by atoms with Gasteiger partial charge < -0.3 is 14.5 Å². The van der Waals surface area contributed by atoms with Crippen LogP contribution in [-0.2, 0) is 23.1 Å². The first-order valence-electron chi connectivity index (χ1n) is 10.4. The van der Waals surface area contributed by atoms with Gasteiger partial charge in [-0.2, -0.15) is 4.31 Å². The van der Waals surface area contributed by atoms with Crippen molar-refractivity contribution in [3.05, 3.63) is 83.3 Å². The van der Waals surface area contributed by atoms with Gasteiger partial charge in [0.1, 0.15) is 11.5 Å². The number of methoxy groups -OCH3 is 1. The van der Waals surface area contributed by atoms with Crippen LogP contribution < -0.4 is 10.1 Å². The van der Waals surface area contributed by atoms with Crippen molar-refractivity contribution in [3.63, 3.8) is 0 Å². The summed E-state index contributed by atoms with van der Waals surface area (Å²) < 4.78 is 39.1. The van der Waals surface area contributed by atoms with Crippen LogP contribution in [0.1, 0.15) is 40.1 Å². The van der Waals surface area contributed by atoms with Gasteiger partial charge in [-0.25, -0.2) is 8.42 Å². The number of sulfonamides is 1. The van der Waals surface area contributed by atoms with Crippen molar-refractivity contribution in [1.29, 1.82) is 0 Å². The zero-order chi connectivity index (χ0) is 22.7. The minimum Gasteiger partial charge on any atom is -0.497 e. The SMILES string of the molecule is COc1ccc(S(=O)(=O)N(Cc2ccc(C(=O)NC3CC3)cc2)Cc2ccco2)c(C)c1. The minimum absolute atomic E-state index is 0.0880. The Kier molecular flexibility index (Phi) is 6.34. The number of nitrogens with zero attached hydrogens (tertiary/aromatic N) is 1. The summed E-state index contributed by atoms with van der Waals surface area (Å²) in [4.78, 5) is 12.4. The molecule has 0 bridgehead atoms. The fourth-order valence-electron chi connectivity index (χ4n) is 3.44. The molecule has 1 aliphatic carbocycles. The van der Waals surface area contributed by atoms with Crippen molar-refractivity contribution in [2.75, 3.05) is 7.11 Å². The predicted octanol–water partition coefficient (Wildman–Crippen LogP) is 3.88. The molecular formula is C24H26N2O5S. The molecule has 0 unspecified atom stereocenters. The van der Waals surface area contributed by atoms with E-state index in [-0.39, 0.29) is 29.9 Å². The van der Waals surface area contributed by atoms with Crippen LogP contribution in [0.2, 0.25) is 0 Å². The fraction of sp³-hybridized carbons (Fsp3) is 0.292. The lowest BCUT2D eigenvalue weighted by Gasteiger charge is -2.23. The van der Waals surface area contributed by atoms with Crippen LogP contribution in [0.4, 0.5) is 0 Å². The summed E-state index contributed by atoms with van der Waals surface area (Å²) >= 11 is 0. The van der Waals surface area contributed by atoms with Crippen molar-refractivity contribution < 1.29 is 22.4 Å². The number of benzene rings is 2. The molecule has 0 saturated heterocycles. The van der Waals surface area contributed by atoms with Crippen molar-refractivity contribution in [2.45, 2.75) is 43.8 Å². The van der Waals surface area contributed by atoms with E-state index in [0.717, 1.165) is 18.4 Å². The molecule has 3 aromatic rings. The highest BCUT2D eigenvalue weighted by molar-refractivity contribution is 7.89. The van der Waals surface area contributed by atoms with Crippen LogP contribution in [-0.4, -0.2) is 31.8 Å². The lowest BCUT2D eigenvalue weighted by molar-refractivity contribution is 0.0951. The quantitative estimate of drug-likeness (QED) is 0.530. The van der Waals surface area contributed by atoms with Crippen molar-refractivity contribution in [2.24, 2.45) is 0 Å². The van der Waals surface area contributed by atoms with Crippen LogP contribution in [0.3, 0.4) is 0 Å². The van der Waals surface area contributed by atoms with Crippen LogP contribution in [0, 0.1) is 6.92 Å². The van der Waals surface area contributed by atoms with E-state index in [4.69, 9.17) is 9.15 Å². The highest BCUT2D eigenvalue weighted by Gasteiger charge is 2.28. The Balaban J connectivity index is 1.59. The Morgan fingerprint density at radius 2 is 1.88 bits per heavy atom. The van der Waals surface area contributed by atoms with Gasteiger partial charge in [0.05, 0.1) is 24.8 Å². The first-order valence-corrected chi connectivity index (χ1v) is 11.9. The van der Waals surface area contributed by atoms with Crippen LogP contribution in [0.25, 0.3) is 0 Å². The second kappa shape index (κ2) is 9.18. The molecule has 4 rings (SSSR count). The van der Waals surface area contributed by atoms with Crippen molar-refractivity contribution >= 4 is 15.9 Å². The molecule has 1 aliphatic rings. The number of amides is 1. The molecule has 1 heterocycles. The second-order valence-electron chi connectivity index (χ2n) is 7.93. The molecule has 0 atom stereocenters. The summed E-state index contributed by atoms with van der Waals surface area (Å²) in [7, 11) is -2.28. The van der Waals surface area contributed by atoms with E-state index < -0.39 is 10.0 Å². The third-order valence-corrected chi connectivity index (χ3v) is 7.35. The van der Waals surface area contributed by atoms with E-state index in [1.54, 1.807) is 68.6 Å². The molecule has 1 fully saturated rings. The molecule has 168 valence electrons. The van der Waals surface area contributed by atoms with Gasteiger partial charge in [-0.05, 0) is 73.4 Å². The van der Waals surface area contributed by atoms with Crippen molar-refractivity contribution in [1.82, 2.24) is 9.62 Å². The summed E-state index contributed by atoms with van der Waals surface area (Å²) in [5.41, 5.74) is 1.93. The Labute approximate surface area is 188 Å². The van der Waals surface area contributed by atoms with E-state index >= 15 is 0 Å². The molecular weight excluding hydrogens is 428 g/mol. The third kappa shape index (κ3) is 5.03. The van der Waals surface area contributed by atoms with Gasteiger partial charge in [-0.15, -0.1) is 0 Å². The average Bonchev–Trinajstić information content (AvgIpc) is 3.44. The Morgan fingerprint density at radius 3 is 2.47 bits per heavy atom. The van der Waals surface area contributed by atoms with E-state index in [1.807, 2.05) is 0 Å². The van der Waals surface area contributed by atoms with Gasteiger partial charge in [0, 0.05) is 18.2 Å². The van der Waals surface area contributed by atoms with Gasteiger partial charge in [-0.1, -0.05) is 12.1 Å². The number of furan rings is 1. The van der Waals surface area contributed by atoms with Crippen LogP contribution >= 0.6 is 0 Å². The van der Waals surface area contributed by atoms with E-state index in [9.17, 15) is 13.2 Å². The molecule has 0 aliphatic heterocycles. The molecule has 8 heteroatoms. The number of hydrogen-bond donors (Lipinski definition) is 1. The number of rotatable bonds is 9. The molecule has 32 heavy (non-hydrogen) atoms. The zero-order valence-electron chi connectivity index (χ0n) is 18.1. The normalized spacial score (nSPS) is 13.8. The average molecular weight is 455 g/mol. The van der Waals surface area contributed by atoms with Gasteiger partial charge >= 0.3 is 0 Å². The monoisotopic (exact) mass is 454 g/mol. The van der Waals surface area contributed by atoms with Crippen LogP contribution in [0.15, 0.2) is 70.2 Å². The summed E-state index contributed by atoms with van der Waals surface area (Å²) in [6.45, 7) is 1.97. The minimum atomic E-state index is -3.83. The van der Waals surface area contributed by atoms with Crippen molar-refractivity contribution in [3.8, 4) is 5.75 Å². The van der Waals surface area contributed by atoms with E-state index in [0.29, 0.717) is 22.6 Å². The number of aryl methyl sites for hydroxylation is 1. The predicted molar refractivity (Wildman–Crippen MR) is 120 cm³/mol. The molecule has 7 nitrogen and oxygen atoms in total. The highest BCUT2D eigenvalue weighted by atomic mass is 32.2. The second-order valence-corrected chi connectivity index (χ2v) is 9.83. The summed E-state index contributed by atoms with van der Waals surface area (Å²) in [6, 6.07) is 15.7. The first-order chi connectivity index (χ1) is 15.4. The molecule has 2 aromatic carbocycles. The number of carbonyl (C=O) groups is 1. The largest absolute Gasteiger partial charge is 0.497 e. The maximum Gasteiger partial charge on any atom is 0.251 e. The molecule has 0 spiro atoms. The van der Waals surface area contributed by atoms with E-state index in [1.165, 1.54) is 10.6 Å². The number of ether oxygens (including phenoxy) is 1. The third-order valence-electron chi connectivity index (χ3n) is 5.40. The smallest absolute Gasteiger partial charge is 0.251 e. The number of carbonyl (C=O) groups excluding carboxylic acids is 1. The lowest BCUT2D eigenvalue weighted by Crippen LogP contribution is -2.30. The molecule has 0 radical (unpaired) electrons. The Bertz CT molecular complexity index is 1180. The van der Waals surface area contributed by atoms with Gasteiger partial charge in [0.25, 0.3) is 5.91 Å². The topological polar surface area (TPSA) is 88.9 Å². The van der Waals surface area contributed by atoms with Crippen LogP contribution in [0.5, 0.6) is 5.75 Å². The van der Waals surface area contributed by atoms with Gasteiger partial charge in [0.2, 0.25) is 10.0 Å². The Hall–Kier alpha value is -3.10. The van der Waals surface area contributed by atoms with E-state index in [2.05, 4.69) is 5.32 Å². The number of nitrogens with one attached hydrogen (secondary N) is 1. The summed E-state index contributed by atoms with van der Waals surface area (Å²) in [6.07, 6.45) is 3.56. The summed E-state index contributed by atoms with van der Waals surface area (Å²) in [5, 5.41) is 2.95. The highest BCUT2D eigenvalue weighted by Crippen LogP contribution is 2.27. The molecule has 1 amide bonds. The maximum atomic E-state index is 13.6. The first kappa shape index (κ1) is 22.1. The zero-order valence-corrected chi connectivity index (χ0v) is 18.9. The molecule has 1 saturated carbocycles.